The number of carboxylic acids is 1. The van der Waals surface area contributed by atoms with Crippen molar-refractivity contribution in [2.24, 2.45) is 0 Å². The molecule has 1 aliphatic rings. The van der Waals surface area contributed by atoms with Crippen LogP contribution in [0.15, 0.2) is 54.6 Å². The molecule has 0 aliphatic carbocycles. The molecule has 6 nitrogen and oxygen atoms in total. The molecule has 2 aromatic carbocycles. The maximum atomic E-state index is 12.8. The Hall–Kier alpha value is -2.80. The van der Waals surface area contributed by atoms with Crippen molar-refractivity contribution in [3.63, 3.8) is 0 Å². The minimum Gasteiger partial charge on any atom is -0.480 e. The summed E-state index contributed by atoms with van der Waals surface area (Å²) in [5.74, 6) is -1.51. The molecule has 0 bridgehead atoms. The quantitative estimate of drug-likeness (QED) is 0.887. The summed E-state index contributed by atoms with van der Waals surface area (Å²) in [6.07, 6.45) is 0. The Morgan fingerprint density at radius 2 is 1.88 bits per heavy atom. The van der Waals surface area contributed by atoms with Crippen molar-refractivity contribution in [3.05, 3.63) is 60.2 Å². The predicted octanol–water partition coefficient (Wildman–Crippen LogP) is 3.11. The molecule has 1 saturated heterocycles. The molecule has 2 aromatic rings. The Morgan fingerprint density at radius 1 is 1.16 bits per heavy atom. The number of hydrogen-bond donors (Lipinski definition) is 1. The molecular formula is C18H16N2O4S. The number of nitrogens with zero attached hydrogens (tertiary/aromatic N) is 2. The molecule has 1 aliphatic heterocycles. The van der Waals surface area contributed by atoms with E-state index in [4.69, 9.17) is 0 Å². The van der Waals surface area contributed by atoms with Crippen LogP contribution in [-0.4, -0.2) is 34.1 Å². The zero-order chi connectivity index (χ0) is 18.0. The zero-order valence-electron chi connectivity index (χ0n) is 13.5. The predicted molar refractivity (Wildman–Crippen MR) is 96.9 cm³/mol. The van der Waals surface area contributed by atoms with Crippen LogP contribution in [0.2, 0.25) is 0 Å². The van der Waals surface area contributed by atoms with E-state index in [-0.39, 0.29) is 6.54 Å². The van der Waals surface area contributed by atoms with E-state index in [1.54, 1.807) is 48.5 Å². The molecule has 0 spiro atoms. The summed E-state index contributed by atoms with van der Waals surface area (Å²) >= 11 is 0.827. The zero-order valence-corrected chi connectivity index (χ0v) is 14.3. The number of aryl methyl sites for hydroxylation is 1. The highest BCUT2D eigenvalue weighted by Crippen LogP contribution is 2.35. The van der Waals surface area contributed by atoms with E-state index in [1.165, 1.54) is 4.90 Å². The number of carbonyl (C=O) groups excluding carboxylic acids is 2. The van der Waals surface area contributed by atoms with Crippen LogP contribution in [0.4, 0.5) is 16.2 Å². The van der Waals surface area contributed by atoms with Crippen LogP contribution in [0, 0.1) is 6.92 Å². The lowest BCUT2D eigenvalue weighted by molar-refractivity contribution is -0.135. The molecule has 1 fully saturated rings. The SMILES string of the molecule is Cc1cccc(N(CC(=O)O)[C@H]2SC(=O)N(c3ccccc3)C2=O)c1. The van der Waals surface area contributed by atoms with Crippen LogP contribution in [0.1, 0.15) is 5.56 Å². The Morgan fingerprint density at radius 3 is 2.52 bits per heavy atom. The molecule has 3 rings (SSSR count). The van der Waals surface area contributed by atoms with Crippen LogP contribution < -0.4 is 9.80 Å². The summed E-state index contributed by atoms with van der Waals surface area (Å²) in [6.45, 7) is 1.51. The van der Waals surface area contributed by atoms with E-state index in [2.05, 4.69) is 0 Å². The number of carboxylic acid groups (broad SMARTS) is 1. The van der Waals surface area contributed by atoms with Gasteiger partial charge < -0.3 is 10.0 Å². The summed E-state index contributed by atoms with van der Waals surface area (Å²) in [7, 11) is 0. The van der Waals surface area contributed by atoms with Gasteiger partial charge in [0.05, 0.1) is 5.69 Å². The molecule has 0 radical (unpaired) electrons. The van der Waals surface area contributed by atoms with Crippen molar-refractivity contribution in [3.8, 4) is 0 Å². The second-order valence-corrected chi connectivity index (χ2v) is 6.64. The van der Waals surface area contributed by atoms with E-state index >= 15 is 0 Å². The number of benzene rings is 2. The molecular weight excluding hydrogens is 340 g/mol. The van der Waals surface area contributed by atoms with Gasteiger partial charge in [0.15, 0.2) is 5.37 Å². The van der Waals surface area contributed by atoms with E-state index in [0.717, 1.165) is 22.2 Å². The van der Waals surface area contributed by atoms with Crippen molar-refractivity contribution >= 4 is 40.3 Å². The number of carbonyl (C=O) groups is 3. The summed E-state index contributed by atoms with van der Waals surface area (Å²) in [5, 5.41) is 7.92. The Kier molecular flexibility index (Phi) is 4.76. The van der Waals surface area contributed by atoms with E-state index in [1.807, 2.05) is 13.0 Å². The van der Waals surface area contributed by atoms with Gasteiger partial charge in [0.25, 0.3) is 11.1 Å². The van der Waals surface area contributed by atoms with Crippen LogP contribution in [0.5, 0.6) is 0 Å². The van der Waals surface area contributed by atoms with Crippen LogP contribution >= 0.6 is 11.8 Å². The van der Waals surface area contributed by atoms with Gasteiger partial charge in [-0.2, -0.15) is 0 Å². The number of amides is 2. The molecule has 7 heteroatoms. The van der Waals surface area contributed by atoms with Crippen molar-refractivity contribution < 1.29 is 19.5 Å². The average molecular weight is 356 g/mol. The van der Waals surface area contributed by atoms with Crippen molar-refractivity contribution in [1.82, 2.24) is 0 Å². The van der Waals surface area contributed by atoms with Gasteiger partial charge in [0.2, 0.25) is 0 Å². The number of para-hydroxylation sites is 1. The monoisotopic (exact) mass is 356 g/mol. The third-order valence-electron chi connectivity index (χ3n) is 3.76. The van der Waals surface area contributed by atoms with Gasteiger partial charge >= 0.3 is 5.97 Å². The summed E-state index contributed by atoms with van der Waals surface area (Å²) in [4.78, 5) is 39.1. The van der Waals surface area contributed by atoms with E-state index in [9.17, 15) is 19.5 Å². The van der Waals surface area contributed by atoms with E-state index < -0.39 is 22.5 Å². The highest BCUT2D eigenvalue weighted by molar-refractivity contribution is 8.16. The third kappa shape index (κ3) is 3.51. The van der Waals surface area contributed by atoms with Crippen molar-refractivity contribution in [1.29, 1.82) is 0 Å². The first kappa shape index (κ1) is 17.0. The van der Waals surface area contributed by atoms with E-state index in [0.29, 0.717) is 11.4 Å². The standard InChI is InChI=1S/C18H16N2O4S/c1-12-6-5-9-14(10-12)19(11-15(21)22)17-16(23)20(18(24)25-17)13-7-3-2-4-8-13/h2-10,17H,11H2,1H3,(H,21,22)/t17-/m0/s1. The lowest BCUT2D eigenvalue weighted by Crippen LogP contribution is -2.44. The van der Waals surface area contributed by atoms with Gasteiger partial charge in [-0.15, -0.1) is 0 Å². The highest BCUT2D eigenvalue weighted by atomic mass is 32.2. The molecule has 25 heavy (non-hydrogen) atoms. The lowest BCUT2D eigenvalue weighted by atomic mass is 10.2. The highest BCUT2D eigenvalue weighted by Gasteiger charge is 2.44. The molecule has 0 unspecified atom stereocenters. The summed E-state index contributed by atoms with van der Waals surface area (Å²) < 4.78 is 0. The normalized spacial score (nSPS) is 17.0. The number of imide groups is 1. The van der Waals surface area contributed by atoms with Crippen LogP contribution in [0.3, 0.4) is 0 Å². The minimum absolute atomic E-state index is 0.372. The Labute approximate surface area is 149 Å². The smallest absolute Gasteiger partial charge is 0.323 e. The summed E-state index contributed by atoms with van der Waals surface area (Å²) in [5.41, 5.74) is 2.01. The van der Waals surface area contributed by atoms with Gasteiger partial charge in [-0.1, -0.05) is 30.3 Å². The van der Waals surface area contributed by atoms with Gasteiger partial charge in [0.1, 0.15) is 6.54 Å². The second kappa shape index (κ2) is 6.98. The molecule has 1 heterocycles. The molecule has 0 aromatic heterocycles. The molecule has 2 amide bonds. The largest absolute Gasteiger partial charge is 0.480 e. The minimum atomic E-state index is -1.07. The Bertz CT molecular complexity index is 825. The average Bonchev–Trinajstić information content (AvgIpc) is 2.87. The maximum absolute atomic E-state index is 12.8. The first-order valence-electron chi connectivity index (χ1n) is 7.62. The molecule has 128 valence electrons. The van der Waals surface area contributed by atoms with Crippen molar-refractivity contribution in [2.75, 3.05) is 16.3 Å². The fourth-order valence-corrected chi connectivity index (χ4v) is 3.69. The van der Waals surface area contributed by atoms with Crippen LogP contribution in [0.25, 0.3) is 0 Å². The van der Waals surface area contributed by atoms with Gasteiger partial charge in [0, 0.05) is 5.69 Å². The number of rotatable bonds is 5. The molecule has 1 atom stereocenters. The van der Waals surface area contributed by atoms with Crippen LogP contribution in [-0.2, 0) is 9.59 Å². The topological polar surface area (TPSA) is 77.9 Å². The fraction of sp³-hybridized carbons (Fsp3) is 0.167. The number of aliphatic carboxylic acids is 1. The molecule has 1 N–H and O–H groups in total. The fourth-order valence-electron chi connectivity index (χ4n) is 2.67. The van der Waals surface area contributed by atoms with Gasteiger partial charge in [-0.25, -0.2) is 4.90 Å². The molecule has 0 saturated carbocycles. The number of hydrogen-bond acceptors (Lipinski definition) is 5. The number of thioether (sulfide) groups is 1. The summed E-state index contributed by atoms with van der Waals surface area (Å²) in [6, 6.07) is 15.8. The van der Waals surface area contributed by atoms with Gasteiger partial charge in [-0.05, 0) is 48.5 Å². The maximum Gasteiger partial charge on any atom is 0.323 e. The second-order valence-electron chi connectivity index (χ2n) is 5.61. The van der Waals surface area contributed by atoms with Gasteiger partial charge in [-0.3, -0.25) is 14.4 Å². The first-order chi connectivity index (χ1) is 12.0. The third-order valence-corrected chi connectivity index (χ3v) is 4.83. The Balaban J connectivity index is 1.95. The number of anilines is 2. The lowest BCUT2D eigenvalue weighted by Gasteiger charge is -2.27. The van der Waals surface area contributed by atoms with Crippen molar-refractivity contribution in [2.45, 2.75) is 12.3 Å². The first-order valence-corrected chi connectivity index (χ1v) is 8.50.